The number of hydrogen-bond acceptors (Lipinski definition) is 2. The van der Waals surface area contributed by atoms with E-state index in [0.29, 0.717) is 6.42 Å². The number of anilines is 1. The van der Waals surface area contributed by atoms with Crippen molar-refractivity contribution in [2.24, 2.45) is 5.41 Å². The van der Waals surface area contributed by atoms with Crippen LogP contribution in [0.3, 0.4) is 0 Å². The number of rotatable bonds is 5. The van der Waals surface area contributed by atoms with Gasteiger partial charge in [0.2, 0.25) is 5.91 Å². The van der Waals surface area contributed by atoms with E-state index in [1.54, 1.807) is 0 Å². The lowest BCUT2D eigenvalue weighted by Gasteiger charge is -2.28. The largest absolute Gasteiger partial charge is 0.311 e. The van der Waals surface area contributed by atoms with Crippen LogP contribution in [0.1, 0.15) is 32.8 Å². The average molecular weight is 276 g/mol. The van der Waals surface area contributed by atoms with Crippen molar-refractivity contribution in [3.05, 3.63) is 29.8 Å². The van der Waals surface area contributed by atoms with Crippen LogP contribution < -0.4 is 4.90 Å². The molecule has 0 heterocycles. The molecule has 3 nitrogen and oxygen atoms in total. The fraction of sp³-hybridized carbons (Fsp3) is 0.588. The minimum Gasteiger partial charge on any atom is -0.311 e. The maximum absolute atomic E-state index is 12.6. The number of carbonyl (C=O) groups is 1. The third kappa shape index (κ3) is 5.74. The second-order valence-electron chi connectivity index (χ2n) is 6.92. The summed E-state index contributed by atoms with van der Waals surface area (Å²) in [5, 5.41) is 0. The van der Waals surface area contributed by atoms with Gasteiger partial charge in [0.25, 0.3) is 0 Å². The van der Waals surface area contributed by atoms with Crippen molar-refractivity contribution >= 4 is 11.6 Å². The zero-order chi connectivity index (χ0) is 15.3. The highest BCUT2D eigenvalue weighted by molar-refractivity contribution is 5.93. The summed E-state index contributed by atoms with van der Waals surface area (Å²) in [5.41, 5.74) is 2.22. The second-order valence-corrected chi connectivity index (χ2v) is 6.92. The molecule has 0 bridgehead atoms. The quantitative estimate of drug-likeness (QED) is 0.823. The van der Waals surface area contributed by atoms with Gasteiger partial charge in [0.1, 0.15) is 0 Å². The number of amides is 1. The van der Waals surface area contributed by atoms with Crippen molar-refractivity contribution in [3.8, 4) is 0 Å². The molecule has 1 amide bonds. The standard InChI is InChI=1S/C17H28N2O/c1-14-7-9-15(10-8-14)19(12-11-18(5)6)16(20)13-17(2,3)4/h7-10H,11-13H2,1-6H3. The minimum absolute atomic E-state index is 0.0121. The third-order valence-electron chi connectivity index (χ3n) is 3.10. The van der Waals surface area contributed by atoms with E-state index in [2.05, 4.69) is 44.7 Å². The van der Waals surface area contributed by atoms with Crippen LogP contribution in [-0.2, 0) is 4.79 Å². The van der Waals surface area contributed by atoms with Crippen LogP contribution >= 0.6 is 0 Å². The lowest BCUT2D eigenvalue weighted by atomic mass is 9.91. The van der Waals surface area contributed by atoms with Gasteiger partial charge >= 0.3 is 0 Å². The summed E-state index contributed by atoms with van der Waals surface area (Å²) in [6, 6.07) is 8.18. The lowest BCUT2D eigenvalue weighted by Crippen LogP contribution is -2.38. The monoisotopic (exact) mass is 276 g/mol. The molecule has 0 aromatic heterocycles. The topological polar surface area (TPSA) is 23.6 Å². The summed E-state index contributed by atoms with van der Waals surface area (Å²) >= 11 is 0. The van der Waals surface area contributed by atoms with Gasteiger partial charge in [0.15, 0.2) is 0 Å². The molecule has 0 saturated carbocycles. The van der Waals surface area contributed by atoms with Gasteiger partial charge in [0.05, 0.1) is 0 Å². The first-order valence-corrected chi connectivity index (χ1v) is 7.21. The number of nitrogens with zero attached hydrogens (tertiary/aromatic N) is 2. The molecule has 1 aromatic carbocycles. The van der Waals surface area contributed by atoms with Crippen molar-refractivity contribution < 1.29 is 4.79 Å². The number of hydrogen-bond donors (Lipinski definition) is 0. The summed E-state index contributed by atoms with van der Waals surface area (Å²) in [4.78, 5) is 16.6. The Labute approximate surface area is 123 Å². The van der Waals surface area contributed by atoms with E-state index in [9.17, 15) is 4.79 Å². The van der Waals surface area contributed by atoms with Crippen molar-refractivity contribution in [2.45, 2.75) is 34.1 Å². The molecule has 112 valence electrons. The van der Waals surface area contributed by atoms with E-state index in [0.717, 1.165) is 18.8 Å². The van der Waals surface area contributed by atoms with Crippen LogP contribution in [0.15, 0.2) is 24.3 Å². The molecule has 1 rings (SSSR count). The lowest BCUT2D eigenvalue weighted by molar-refractivity contribution is -0.120. The van der Waals surface area contributed by atoms with E-state index in [1.807, 2.05) is 31.1 Å². The highest BCUT2D eigenvalue weighted by Crippen LogP contribution is 2.23. The van der Waals surface area contributed by atoms with Gasteiger partial charge < -0.3 is 9.80 Å². The Morgan fingerprint density at radius 3 is 2.05 bits per heavy atom. The first-order valence-electron chi connectivity index (χ1n) is 7.21. The molecule has 0 aliphatic carbocycles. The minimum atomic E-state index is 0.0121. The molecule has 0 saturated heterocycles. The Morgan fingerprint density at radius 1 is 1.05 bits per heavy atom. The molecular weight excluding hydrogens is 248 g/mol. The average Bonchev–Trinajstić information content (AvgIpc) is 2.29. The summed E-state index contributed by atoms with van der Waals surface area (Å²) < 4.78 is 0. The fourth-order valence-electron chi connectivity index (χ4n) is 1.97. The maximum Gasteiger partial charge on any atom is 0.227 e. The predicted octanol–water partition coefficient (Wildman–Crippen LogP) is 3.33. The van der Waals surface area contributed by atoms with Crippen molar-refractivity contribution in [1.82, 2.24) is 4.90 Å². The SMILES string of the molecule is Cc1ccc(N(CCN(C)C)C(=O)CC(C)(C)C)cc1. The first kappa shape index (κ1) is 16.7. The summed E-state index contributed by atoms with van der Waals surface area (Å²) in [5.74, 6) is 0.197. The molecule has 3 heteroatoms. The van der Waals surface area contributed by atoms with Gasteiger partial charge in [-0.2, -0.15) is 0 Å². The zero-order valence-corrected chi connectivity index (χ0v) is 13.7. The van der Waals surface area contributed by atoms with Crippen LogP contribution in [0.2, 0.25) is 0 Å². The van der Waals surface area contributed by atoms with Crippen molar-refractivity contribution in [1.29, 1.82) is 0 Å². The van der Waals surface area contributed by atoms with Gasteiger partial charge in [-0.3, -0.25) is 4.79 Å². The Bertz CT molecular complexity index is 429. The second kappa shape index (κ2) is 6.89. The maximum atomic E-state index is 12.6. The number of aryl methyl sites for hydroxylation is 1. The van der Waals surface area contributed by atoms with Gasteiger partial charge in [0, 0.05) is 25.2 Å². The van der Waals surface area contributed by atoms with Gasteiger partial charge in [-0.25, -0.2) is 0 Å². The van der Waals surface area contributed by atoms with Crippen LogP contribution in [0.4, 0.5) is 5.69 Å². The van der Waals surface area contributed by atoms with Gasteiger partial charge in [-0.15, -0.1) is 0 Å². The Balaban J connectivity index is 2.89. The highest BCUT2D eigenvalue weighted by Gasteiger charge is 2.22. The number of benzene rings is 1. The molecule has 0 unspecified atom stereocenters. The molecule has 0 aliphatic heterocycles. The van der Waals surface area contributed by atoms with Gasteiger partial charge in [-0.05, 0) is 38.6 Å². The van der Waals surface area contributed by atoms with Crippen molar-refractivity contribution in [2.75, 3.05) is 32.1 Å². The highest BCUT2D eigenvalue weighted by atomic mass is 16.2. The zero-order valence-electron chi connectivity index (χ0n) is 13.7. The first-order chi connectivity index (χ1) is 9.19. The fourth-order valence-corrected chi connectivity index (χ4v) is 1.97. The molecule has 0 fully saturated rings. The molecular formula is C17H28N2O. The number of likely N-dealkylation sites (N-methyl/N-ethyl adjacent to an activating group) is 1. The smallest absolute Gasteiger partial charge is 0.227 e. The Hall–Kier alpha value is -1.35. The third-order valence-corrected chi connectivity index (χ3v) is 3.10. The van der Waals surface area contributed by atoms with Gasteiger partial charge in [-0.1, -0.05) is 38.5 Å². The van der Waals surface area contributed by atoms with Crippen LogP contribution in [0.5, 0.6) is 0 Å². The summed E-state index contributed by atoms with van der Waals surface area (Å²) in [6.07, 6.45) is 0.564. The van der Waals surface area contributed by atoms with E-state index in [-0.39, 0.29) is 11.3 Å². The van der Waals surface area contributed by atoms with E-state index in [4.69, 9.17) is 0 Å². The molecule has 20 heavy (non-hydrogen) atoms. The molecule has 0 N–H and O–H groups in total. The van der Waals surface area contributed by atoms with E-state index < -0.39 is 0 Å². The predicted molar refractivity (Wildman–Crippen MR) is 86.2 cm³/mol. The van der Waals surface area contributed by atoms with Crippen LogP contribution in [-0.4, -0.2) is 38.0 Å². The van der Waals surface area contributed by atoms with E-state index >= 15 is 0 Å². The Kier molecular flexibility index (Phi) is 5.75. The Morgan fingerprint density at radius 2 is 1.60 bits per heavy atom. The molecule has 0 atom stereocenters. The normalized spacial score (nSPS) is 11.8. The summed E-state index contributed by atoms with van der Waals surface area (Å²) in [6.45, 7) is 9.96. The van der Waals surface area contributed by atoms with Crippen LogP contribution in [0.25, 0.3) is 0 Å². The molecule has 0 aliphatic rings. The molecule has 1 aromatic rings. The summed E-state index contributed by atoms with van der Waals surface area (Å²) in [7, 11) is 4.06. The van der Waals surface area contributed by atoms with E-state index in [1.165, 1.54) is 5.56 Å². The van der Waals surface area contributed by atoms with Crippen LogP contribution in [0, 0.1) is 12.3 Å². The van der Waals surface area contributed by atoms with Crippen molar-refractivity contribution in [3.63, 3.8) is 0 Å². The number of carbonyl (C=O) groups excluding carboxylic acids is 1. The molecule has 0 spiro atoms. The molecule has 0 radical (unpaired) electrons.